The van der Waals surface area contributed by atoms with E-state index in [1.165, 1.54) is 42.3 Å². The van der Waals surface area contributed by atoms with Gasteiger partial charge in [0.15, 0.2) is 0 Å². The number of hydrogen-bond donors (Lipinski definition) is 0. The average Bonchev–Trinajstić information content (AvgIpc) is 3.24. The second-order valence-electron chi connectivity index (χ2n) is 13.4. The molecular formula is C48H30N4S2. The van der Waals surface area contributed by atoms with Gasteiger partial charge in [0, 0.05) is 54.5 Å². The second-order valence-corrected chi connectivity index (χ2v) is 15.6. The van der Waals surface area contributed by atoms with Gasteiger partial charge in [-0.1, -0.05) is 121 Å². The van der Waals surface area contributed by atoms with Crippen molar-refractivity contribution in [3.63, 3.8) is 0 Å². The summed E-state index contributed by atoms with van der Waals surface area (Å²) in [7, 11) is 0. The van der Waals surface area contributed by atoms with Gasteiger partial charge in [-0.25, -0.2) is 0 Å². The minimum atomic E-state index is 0.893. The lowest BCUT2D eigenvalue weighted by atomic mass is 9.89. The minimum absolute atomic E-state index is 0.893. The molecule has 2 aliphatic heterocycles. The molecule has 0 N–H and O–H groups in total. The van der Waals surface area contributed by atoms with Crippen molar-refractivity contribution in [3.8, 4) is 22.3 Å². The number of anilines is 6. The number of fused-ring (bicyclic) bond motifs is 6. The van der Waals surface area contributed by atoms with Crippen LogP contribution >= 0.6 is 23.5 Å². The Morgan fingerprint density at radius 1 is 0.333 bits per heavy atom. The topological polar surface area (TPSA) is 32.3 Å². The van der Waals surface area contributed by atoms with Gasteiger partial charge in [-0.3, -0.25) is 9.97 Å². The molecule has 6 heteroatoms. The van der Waals surface area contributed by atoms with E-state index >= 15 is 0 Å². The van der Waals surface area contributed by atoms with Crippen molar-refractivity contribution < 1.29 is 0 Å². The Kier molecular flexibility index (Phi) is 7.32. The van der Waals surface area contributed by atoms with Gasteiger partial charge in [-0.2, -0.15) is 0 Å². The summed E-state index contributed by atoms with van der Waals surface area (Å²) in [5, 5.41) is 2.30. The van der Waals surface area contributed by atoms with E-state index in [4.69, 9.17) is 9.97 Å². The number of aromatic nitrogens is 2. The van der Waals surface area contributed by atoms with Crippen LogP contribution in [0.1, 0.15) is 0 Å². The molecule has 3 heterocycles. The van der Waals surface area contributed by atoms with Gasteiger partial charge in [0.25, 0.3) is 0 Å². The molecule has 11 rings (SSSR count). The predicted molar refractivity (Wildman–Crippen MR) is 226 cm³/mol. The molecule has 1 aromatic heterocycles. The third-order valence-corrected chi connectivity index (χ3v) is 12.6. The van der Waals surface area contributed by atoms with Gasteiger partial charge >= 0.3 is 0 Å². The Hall–Kier alpha value is -6.34. The van der Waals surface area contributed by atoms with Crippen LogP contribution in [0.3, 0.4) is 0 Å². The summed E-state index contributed by atoms with van der Waals surface area (Å²) >= 11 is 3.65. The summed E-state index contributed by atoms with van der Waals surface area (Å²) in [6, 6.07) is 61.1. The summed E-state index contributed by atoms with van der Waals surface area (Å²) in [6.07, 6.45) is 3.62. The molecule has 0 fully saturated rings. The normalized spacial score (nSPS) is 13.0. The highest BCUT2D eigenvalue weighted by molar-refractivity contribution is 8.00. The lowest BCUT2D eigenvalue weighted by molar-refractivity contribution is 1.17. The fourth-order valence-corrected chi connectivity index (χ4v) is 10.1. The standard InChI is InChI=1S/C48H30N4S2/c1-2-12-36-35(11-1)45(31-21-25-33(26-22-31)51-37-13-3-7-17-41(37)53-42-18-8-4-14-38(42)51)47-48(50-30-29-49-47)46(36)32-23-27-34(28-24-32)52-39-15-5-9-19-43(39)54-44-20-10-6-16-40(44)52/h1-30H. The first-order chi connectivity index (χ1) is 26.8. The highest BCUT2D eigenvalue weighted by atomic mass is 32.2. The zero-order valence-corrected chi connectivity index (χ0v) is 30.6. The molecule has 0 bridgehead atoms. The molecule has 254 valence electrons. The van der Waals surface area contributed by atoms with Gasteiger partial charge in [-0.15, -0.1) is 0 Å². The minimum Gasteiger partial charge on any atom is -0.308 e. The van der Waals surface area contributed by atoms with Crippen molar-refractivity contribution in [2.24, 2.45) is 0 Å². The Morgan fingerprint density at radius 3 is 1.00 bits per heavy atom. The molecular weight excluding hydrogens is 697 g/mol. The largest absolute Gasteiger partial charge is 0.308 e. The Morgan fingerprint density at radius 2 is 0.648 bits per heavy atom. The van der Waals surface area contributed by atoms with Crippen LogP contribution in [-0.2, 0) is 0 Å². The van der Waals surface area contributed by atoms with Crippen LogP contribution in [0.4, 0.5) is 34.1 Å². The lowest BCUT2D eigenvalue weighted by Crippen LogP contribution is -2.14. The third-order valence-electron chi connectivity index (χ3n) is 10.3. The van der Waals surface area contributed by atoms with Crippen LogP contribution < -0.4 is 9.80 Å². The highest BCUT2D eigenvalue weighted by Gasteiger charge is 2.26. The zero-order valence-electron chi connectivity index (χ0n) is 28.9. The number of nitrogens with zero attached hydrogens (tertiary/aromatic N) is 4. The van der Waals surface area contributed by atoms with E-state index in [0.29, 0.717) is 0 Å². The second kappa shape index (κ2) is 12.7. The van der Waals surface area contributed by atoms with Gasteiger partial charge in [0.05, 0.1) is 33.8 Å². The van der Waals surface area contributed by atoms with Gasteiger partial charge < -0.3 is 9.80 Å². The molecule has 4 nitrogen and oxygen atoms in total. The molecule has 0 aliphatic carbocycles. The number of para-hydroxylation sites is 4. The monoisotopic (exact) mass is 726 g/mol. The SMILES string of the molecule is c1ccc2c(c1)Sc1ccccc1N2c1ccc(-c2c3ccccc3c(-c3ccc(N4c5ccccc5Sc5ccccc54)cc3)c3nccnc23)cc1. The maximum atomic E-state index is 5.02. The molecule has 0 saturated carbocycles. The Balaban J connectivity index is 1.03. The first kappa shape index (κ1) is 31.2. The van der Waals surface area contributed by atoms with Crippen molar-refractivity contribution >= 4 is 79.5 Å². The Labute approximate surface area is 321 Å². The van der Waals surface area contributed by atoms with Crippen molar-refractivity contribution in [2.45, 2.75) is 19.6 Å². The molecule has 0 spiro atoms. The summed E-state index contributed by atoms with van der Waals surface area (Å²) in [6.45, 7) is 0. The summed E-state index contributed by atoms with van der Waals surface area (Å²) in [5.74, 6) is 0. The summed E-state index contributed by atoms with van der Waals surface area (Å²) in [4.78, 5) is 19.8. The molecule has 2 aliphatic rings. The molecule has 0 saturated heterocycles. The summed E-state index contributed by atoms with van der Waals surface area (Å²) < 4.78 is 0. The van der Waals surface area contributed by atoms with Crippen molar-refractivity contribution in [1.29, 1.82) is 0 Å². The fourth-order valence-electron chi connectivity index (χ4n) is 7.98. The maximum absolute atomic E-state index is 5.02. The van der Waals surface area contributed by atoms with Gasteiger partial charge in [0.2, 0.25) is 0 Å². The van der Waals surface area contributed by atoms with Crippen LogP contribution in [0.2, 0.25) is 0 Å². The van der Waals surface area contributed by atoms with Crippen LogP contribution in [-0.4, -0.2) is 9.97 Å². The lowest BCUT2D eigenvalue weighted by Gasteiger charge is -2.33. The molecule has 0 atom stereocenters. The Bertz CT molecular complexity index is 2560. The third kappa shape index (κ3) is 4.95. The van der Waals surface area contributed by atoms with E-state index < -0.39 is 0 Å². The fraction of sp³-hybridized carbons (Fsp3) is 0. The smallest absolute Gasteiger partial charge is 0.0977 e. The molecule has 54 heavy (non-hydrogen) atoms. The van der Waals surface area contributed by atoms with Crippen LogP contribution in [0.15, 0.2) is 202 Å². The molecule has 9 aromatic rings. The molecule has 0 amide bonds. The average molecular weight is 727 g/mol. The van der Waals surface area contributed by atoms with Crippen molar-refractivity contribution in [1.82, 2.24) is 9.97 Å². The first-order valence-electron chi connectivity index (χ1n) is 18.0. The van der Waals surface area contributed by atoms with Gasteiger partial charge in [-0.05, 0) is 94.7 Å². The van der Waals surface area contributed by atoms with E-state index in [1.54, 1.807) is 0 Å². The van der Waals surface area contributed by atoms with E-state index in [9.17, 15) is 0 Å². The van der Waals surface area contributed by atoms with Gasteiger partial charge in [0.1, 0.15) is 0 Å². The molecule has 0 unspecified atom stereocenters. The van der Waals surface area contributed by atoms with E-state index in [0.717, 1.165) is 55.4 Å². The molecule has 0 radical (unpaired) electrons. The molecule has 8 aromatic carbocycles. The first-order valence-corrected chi connectivity index (χ1v) is 19.6. The maximum Gasteiger partial charge on any atom is 0.0977 e. The van der Waals surface area contributed by atoms with Crippen LogP contribution in [0.25, 0.3) is 44.1 Å². The highest BCUT2D eigenvalue weighted by Crippen LogP contribution is 2.53. The number of benzene rings is 8. The summed E-state index contributed by atoms with van der Waals surface area (Å²) in [5.41, 5.74) is 13.2. The van der Waals surface area contributed by atoms with Crippen LogP contribution in [0, 0.1) is 0 Å². The van der Waals surface area contributed by atoms with Crippen molar-refractivity contribution in [3.05, 3.63) is 182 Å². The van der Waals surface area contributed by atoms with Crippen molar-refractivity contribution in [2.75, 3.05) is 9.80 Å². The predicted octanol–water partition coefficient (Wildman–Crippen LogP) is 14.0. The zero-order chi connectivity index (χ0) is 35.6. The van der Waals surface area contributed by atoms with E-state index in [-0.39, 0.29) is 0 Å². The van der Waals surface area contributed by atoms with E-state index in [1.807, 2.05) is 35.9 Å². The van der Waals surface area contributed by atoms with Crippen LogP contribution in [0.5, 0.6) is 0 Å². The number of rotatable bonds is 4. The quantitative estimate of drug-likeness (QED) is 0.168. The van der Waals surface area contributed by atoms with E-state index in [2.05, 4.69) is 180 Å². The number of hydrogen-bond acceptors (Lipinski definition) is 6.